The predicted octanol–water partition coefficient (Wildman–Crippen LogP) is 12.6. The van der Waals surface area contributed by atoms with Gasteiger partial charge in [0, 0.05) is 53.0 Å². The van der Waals surface area contributed by atoms with Gasteiger partial charge in [0.1, 0.15) is 0 Å². The van der Waals surface area contributed by atoms with Crippen LogP contribution in [0, 0.1) is 0 Å². The Bertz CT molecular complexity index is 3190. The van der Waals surface area contributed by atoms with Crippen LogP contribution >= 0.6 is 11.3 Å². The van der Waals surface area contributed by atoms with Crippen LogP contribution in [0.15, 0.2) is 170 Å². The van der Waals surface area contributed by atoms with E-state index in [0.29, 0.717) is 17.6 Å². The number of benzene rings is 8. The average molecular weight is 681 g/mol. The van der Waals surface area contributed by atoms with Crippen LogP contribution in [-0.4, -0.2) is 19.5 Å². The zero-order valence-electron chi connectivity index (χ0n) is 27.9. The number of rotatable bonds is 4. The Labute approximate surface area is 302 Å². The van der Waals surface area contributed by atoms with E-state index < -0.39 is 0 Å². The first-order valence-electron chi connectivity index (χ1n) is 17.4. The summed E-state index contributed by atoms with van der Waals surface area (Å²) in [5, 5.41) is 9.54. The fraction of sp³-hybridized carbons (Fsp3) is 0. The molecule has 0 aliphatic heterocycles. The zero-order chi connectivity index (χ0) is 34.2. The molecule has 0 amide bonds. The maximum absolute atomic E-state index is 5.34. The minimum atomic E-state index is 0.587. The molecule has 0 saturated carbocycles. The van der Waals surface area contributed by atoms with Crippen LogP contribution in [0.1, 0.15) is 0 Å². The van der Waals surface area contributed by atoms with Gasteiger partial charge in [-0.2, -0.15) is 9.97 Å². The molecule has 0 saturated heterocycles. The molecule has 0 spiro atoms. The van der Waals surface area contributed by atoms with E-state index in [0.717, 1.165) is 54.8 Å². The predicted molar refractivity (Wildman–Crippen MR) is 218 cm³/mol. The summed E-state index contributed by atoms with van der Waals surface area (Å²) in [6, 6.07) is 60.3. The maximum Gasteiger partial charge on any atom is 0.238 e. The first-order chi connectivity index (χ1) is 25.8. The molecule has 3 aromatic heterocycles. The van der Waals surface area contributed by atoms with Crippen molar-refractivity contribution in [3.8, 4) is 39.9 Å². The molecule has 0 N–H and O–H groups in total. The fourth-order valence-corrected chi connectivity index (χ4v) is 8.94. The van der Waals surface area contributed by atoms with Gasteiger partial charge in [-0.3, -0.25) is 4.57 Å². The van der Waals surface area contributed by atoms with Crippen LogP contribution in [0.2, 0.25) is 0 Å². The van der Waals surface area contributed by atoms with Crippen LogP contribution < -0.4 is 0 Å². The third kappa shape index (κ3) is 4.50. The molecule has 242 valence electrons. The third-order valence-electron chi connectivity index (χ3n) is 10.2. The van der Waals surface area contributed by atoms with Gasteiger partial charge in [-0.15, -0.1) is 11.3 Å². The molecule has 0 bridgehead atoms. The number of hydrogen-bond acceptors (Lipinski definition) is 4. The van der Waals surface area contributed by atoms with E-state index in [1.165, 1.54) is 30.9 Å². The Hall–Kier alpha value is -6.69. The first kappa shape index (κ1) is 29.1. The van der Waals surface area contributed by atoms with Gasteiger partial charge >= 0.3 is 0 Å². The average Bonchev–Trinajstić information content (AvgIpc) is 3.76. The minimum Gasteiger partial charge on any atom is -0.277 e. The van der Waals surface area contributed by atoms with E-state index in [9.17, 15) is 0 Å². The van der Waals surface area contributed by atoms with Crippen LogP contribution in [0.4, 0.5) is 0 Å². The second kappa shape index (κ2) is 11.4. The zero-order valence-corrected chi connectivity index (χ0v) is 28.7. The number of hydrogen-bond donors (Lipinski definition) is 0. The van der Waals surface area contributed by atoms with Gasteiger partial charge < -0.3 is 0 Å². The van der Waals surface area contributed by atoms with Gasteiger partial charge in [0.25, 0.3) is 0 Å². The highest BCUT2D eigenvalue weighted by atomic mass is 32.1. The van der Waals surface area contributed by atoms with E-state index >= 15 is 0 Å². The highest BCUT2D eigenvalue weighted by molar-refractivity contribution is 7.25. The number of para-hydroxylation sites is 1. The van der Waals surface area contributed by atoms with Gasteiger partial charge in [-0.1, -0.05) is 152 Å². The molecule has 0 aliphatic rings. The number of fused-ring (bicyclic) bond motifs is 9. The lowest BCUT2D eigenvalue weighted by Crippen LogP contribution is -2.07. The normalized spacial score (nSPS) is 11.8. The van der Waals surface area contributed by atoms with Crippen molar-refractivity contribution in [2.45, 2.75) is 0 Å². The Morgan fingerprint density at radius 3 is 1.88 bits per heavy atom. The summed E-state index contributed by atoms with van der Waals surface area (Å²) >= 11 is 1.84. The smallest absolute Gasteiger partial charge is 0.238 e. The molecule has 3 heterocycles. The van der Waals surface area contributed by atoms with Crippen molar-refractivity contribution in [2.24, 2.45) is 0 Å². The van der Waals surface area contributed by atoms with Crippen molar-refractivity contribution in [3.05, 3.63) is 170 Å². The Balaban J connectivity index is 1.25. The third-order valence-corrected chi connectivity index (χ3v) is 11.4. The summed E-state index contributed by atoms with van der Waals surface area (Å²) < 4.78 is 4.86. The van der Waals surface area contributed by atoms with Gasteiger partial charge in [-0.05, 0) is 39.9 Å². The van der Waals surface area contributed by atoms with E-state index in [4.69, 9.17) is 15.0 Å². The summed E-state index contributed by atoms with van der Waals surface area (Å²) in [6.45, 7) is 0. The van der Waals surface area contributed by atoms with Crippen molar-refractivity contribution >= 4 is 74.9 Å². The molecule has 11 rings (SSSR count). The molecule has 8 aromatic carbocycles. The van der Waals surface area contributed by atoms with Crippen LogP contribution in [0.25, 0.3) is 103 Å². The van der Waals surface area contributed by atoms with Gasteiger partial charge in [0.2, 0.25) is 5.95 Å². The van der Waals surface area contributed by atoms with Crippen LogP contribution in [0.5, 0.6) is 0 Å². The Kier molecular flexibility index (Phi) is 6.39. The van der Waals surface area contributed by atoms with Crippen molar-refractivity contribution in [1.29, 1.82) is 0 Å². The van der Waals surface area contributed by atoms with Crippen molar-refractivity contribution in [3.63, 3.8) is 0 Å². The summed E-state index contributed by atoms with van der Waals surface area (Å²) in [5.74, 6) is 1.85. The Morgan fingerprint density at radius 2 is 1.00 bits per heavy atom. The molecule has 0 radical (unpaired) electrons. The summed E-state index contributed by atoms with van der Waals surface area (Å²) in [4.78, 5) is 15.8. The molecule has 0 aliphatic carbocycles. The molecule has 0 fully saturated rings. The summed E-state index contributed by atoms with van der Waals surface area (Å²) in [5.41, 5.74) is 6.33. The largest absolute Gasteiger partial charge is 0.277 e. The van der Waals surface area contributed by atoms with Gasteiger partial charge in [0.05, 0.1) is 11.0 Å². The highest BCUT2D eigenvalue weighted by Gasteiger charge is 2.22. The molecule has 0 atom stereocenters. The lowest BCUT2D eigenvalue weighted by atomic mass is 10.00. The first-order valence-corrected chi connectivity index (χ1v) is 18.3. The van der Waals surface area contributed by atoms with Crippen molar-refractivity contribution in [1.82, 2.24) is 19.5 Å². The monoisotopic (exact) mass is 680 g/mol. The lowest BCUT2D eigenvalue weighted by Gasteiger charge is -2.14. The summed E-state index contributed by atoms with van der Waals surface area (Å²) in [7, 11) is 0. The van der Waals surface area contributed by atoms with Crippen molar-refractivity contribution in [2.75, 3.05) is 0 Å². The quantitative estimate of drug-likeness (QED) is 0.186. The fourth-order valence-electron chi connectivity index (χ4n) is 7.79. The highest BCUT2D eigenvalue weighted by Crippen LogP contribution is 2.43. The van der Waals surface area contributed by atoms with Crippen LogP contribution in [-0.2, 0) is 0 Å². The maximum atomic E-state index is 5.34. The van der Waals surface area contributed by atoms with Crippen molar-refractivity contribution < 1.29 is 0 Å². The second-order valence-electron chi connectivity index (χ2n) is 13.2. The van der Waals surface area contributed by atoms with Gasteiger partial charge in [-0.25, -0.2) is 4.98 Å². The molecule has 11 aromatic rings. The molecular weight excluding hydrogens is 653 g/mol. The molecule has 4 nitrogen and oxygen atoms in total. The minimum absolute atomic E-state index is 0.587. The van der Waals surface area contributed by atoms with E-state index in [1.54, 1.807) is 0 Å². The number of thiophene rings is 1. The van der Waals surface area contributed by atoms with E-state index in [2.05, 4.69) is 156 Å². The molecule has 52 heavy (non-hydrogen) atoms. The van der Waals surface area contributed by atoms with E-state index in [1.807, 2.05) is 29.5 Å². The van der Waals surface area contributed by atoms with Gasteiger partial charge in [0.15, 0.2) is 11.6 Å². The topological polar surface area (TPSA) is 43.6 Å². The SMILES string of the molecule is c1ccc(-c2nc(-c3ccc4ccccc4c3)nc(-n3c4c(-c5ccc6c(c5)sc5ccccc56)cccc4c4ccc5ccccc5c43)n2)cc1. The molecule has 0 unspecified atom stereocenters. The molecule has 5 heteroatoms. The van der Waals surface area contributed by atoms with E-state index in [-0.39, 0.29) is 0 Å². The Morgan fingerprint density at radius 1 is 0.365 bits per heavy atom. The summed E-state index contributed by atoms with van der Waals surface area (Å²) in [6.07, 6.45) is 0. The molecular formula is C47H28N4S. The number of aromatic nitrogens is 4. The van der Waals surface area contributed by atoms with Crippen LogP contribution in [0.3, 0.4) is 0 Å². The number of nitrogens with zero attached hydrogens (tertiary/aromatic N) is 4. The standard InChI is InChI=1S/C47H28N4S/c1-2-13-31(14-3-1)45-48-46(34-22-21-29-11-4-5-15-32(29)27-34)50-47(49-45)51-43-35-16-7-6-12-30(35)23-26-40(43)39-19-10-18-36(44(39)51)33-24-25-38-37-17-8-9-20-41(37)52-42(38)28-33/h1-28H. The lowest BCUT2D eigenvalue weighted by molar-refractivity contribution is 0.955. The second-order valence-corrected chi connectivity index (χ2v) is 14.3.